The van der Waals surface area contributed by atoms with Crippen LogP contribution in [0.1, 0.15) is 25.8 Å². The van der Waals surface area contributed by atoms with Crippen molar-refractivity contribution in [2.75, 3.05) is 12.4 Å². The number of halogens is 3. The maximum absolute atomic E-state index is 13.1. The van der Waals surface area contributed by atoms with Crippen LogP contribution in [-0.2, 0) is 6.18 Å². The second kappa shape index (κ2) is 7.37. The van der Waals surface area contributed by atoms with Crippen molar-refractivity contribution in [1.82, 2.24) is 9.97 Å². The number of benzene rings is 1. The Hall–Kier alpha value is -2.51. The summed E-state index contributed by atoms with van der Waals surface area (Å²) in [5.74, 6) is 0.198. The zero-order valence-electron chi connectivity index (χ0n) is 13.5. The van der Waals surface area contributed by atoms with Crippen molar-refractivity contribution >= 4 is 11.6 Å². The van der Waals surface area contributed by atoms with Gasteiger partial charge in [-0.15, -0.1) is 0 Å². The van der Waals surface area contributed by atoms with Crippen LogP contribution in [0.5, 0.6) is 11.6 Å². The van der Waals surface area contributed by atoms with E-state index in [0.29, 0.717) is 17.9 Å². The first-order valence-electron chi connectivity index (χ1n) is 7.35. The van der Waals surface area contributed by atoms with Crippen molar-refractivity contribution in [2.45, 2.75) is 32.5 Å². The number of methoxy groups -OCH3 is 1. The number of anilines is 2. The van der Waals surface area contributed by atoms with Crippen molar-refractivity contribution < 1.29 is 22.6 Å². The van der Waals surface area contributed by atoms with Gasteiger partial charge < -0.3 is 14.8 Å². The number of nitrogens with one attached hydrogen (secondary N) is 1. The van der Waals surface area contributed by atoms with Gasteiger partial charge in [0.2, 0.25) is 11.8 Å². The maximum Gasteiger partial charge on any atom is 0.423 e. The van der Waals surface area contributed by atoms with Crippen LogP contribution < -0.4 is 14.8 Å². The highest BCUT2D eigenvalue weighted by atomic mass is 19.4. The summed E-state index contributed by atoms with van der Waals surface area (Å²) in [6.45, 7) is 3.49. The lowest BCUT2D eigenvalue weighted by atomic mass is 10.3. The second-order valence-electron chi connectivity index (χ2n) is 5.10. The van der Waals surface area contributed by atoms with Crippen LogP contribution >= 0.6 is 0 Å². The van der Waals surface area contributed by atoms with E-state index < -0.39 is 23.7 Å². The summed E-state index contributed by atoms with van der Waals surface area (Å²) in [6.07, 6.45) is -3.70. The van der Waals surface area contributed by atoms with Crippen molar-refractivity contribution in [3.05, 3.63) is 36.0 Å². The summed E-state index contributed by atoms with van der Waals surface area (Å²) in [5, 5.41) is 2.84. The van der Waals surface area contributed by atoms with Crippen molar-refractivity contribution in [3.63, 3.8) is 0 Å². The molecule has 1 heterocycles. The third kappa shape index (κ3) is 4.50. The number of aromatic nitrogens is 2. The number of nitrogens with zero attached hydrogens (tertiary/aromatic N) is 2. The highest BCUT2D eigenvalue weighted by molar-refractivity contribution is 5.55. The van der Waals surface area contributed by atoms with Crippen LogP contribution in [-0.4, -0.2) is 23.2 Å². The quantitative estimate of drug-likeness (QED) is 0.843. The molecule has 0 spiro atoms. The smallest absolute Gasteiger partial charge is 0.423 e. The molecule has 8 heteroatoms. The average Bonchev–Trinajstić information content (AvgIpc) is 2.54. The normalized spacial score (nSPS) is 12.6. The predicted octanol–water partition coefficient (Wildman–Crippen LogP) is 4.42. The molecule has 0 radical (unpaired) electrons. The fourth-order valence-electron chi connectivity index (χ4n) is 1.79. The monoisotopic (exact) mass is 341 g/mol. The van der Waals surface area contributed by atoms with Crippen molar-refractivity contribution in [3.8, 4) is 11.6 Å². The Bertz CT molecular complexity index is 675. The third-order valence-electron chi connectivity index (χ3n) is 3.29. The molecule has 0 aliphatic rings. The predicted molar refractivity (Wildman–Crippen MR) is 83.7 cm³/mol. The second-order valence-corrected chi connectivity index (χ2v) is 5.10. The first-order valence-corrected chi connectivity index (χ1v) is 7.35. The molecule has 24 heavy (non-hydrogen) atoms. The summed E-state index contributed by atoms with van der Waals surface area (Å²) in [5.41, 5.74) is -0.381. The molecule has 0 saturated carbocycles. The summed E-state index contributed by atoms with van der Waals surface area (Å²) in [7, 11) is 1.54. The van der Waals surface area contributed by atoms with Gasteiger partial charge in [-0.05, 0) is 37.6 Å². The molecular formula is C16H18F3N3O2. The van der Waals surface area contributed by atoms with Crippen LogP contribution in [0.15, 0.2) is 30.5 Å². The molecule has 1 unspecified atom stereocenters. The van der Waals surface area contributed by atoms with Gasteiger partial charge in [0.1, 0.15) is 11.3 Å². The Balaban J connectivity index is 2.28. The van der Waals surface area contributed by atoms with E-state index in [1.54, 1.807) is 38.3 Å². The van der Waals surface area contributed by atoms with E-state index in [0.717, 1.165) is 6.20 Å². The van der Waals surface area contributed by atoms with Crippen LogP contribution in [0.3, 0.4) is 0 Å². The van der Waals surface area contributed by atoms with Crippen LogP contribution in [0.4, 0.5) is 24.8 Å². The lowest BCUT2D eigenvalue weighted by Crippen LogP contribution is -2.17. The fourth-order valence-corrected chi connectivity index (χ4v) is 1.79. The highest BCUT2D eigenvalue weighted by Crippen LogP contribution is 2.35. The summed E-state index contributed by atoms with van der Waals surface area (Å²) >= 11 is 0. The molecule has 1 aromatic carbocycles. The van der Waals surface area contributed by atoms with E-state index in [2.05, 4.69) is 15.3 Å². The SMILES string of the molecule is CCC(C)Oc1nc(Nc2ccc(OC)cc2)ncc1C(F)(F)F. The fraction of sp³-hybridized carbons (Fsp3) is 0.375. The molecule has 0 fully saturated rings. The zero-order chi connectivity index (χ0) is 17.7. The molecule has 0 bridgehead atoms. The van der Waals surface area contributed by atoms with E-state index in [9.17, 15) is 13.2 Å². The minimum Gasteiger partial charge on any atom is -0.497 e. The van der Waals surface area contributed by atoms with Gasteiger partial charge in [-0.3, -0.25) is 0 Å². The van der Waals surface area contributed by atoms with Gasteiger partial charge >= 0.3 is 6.18 Å². The first kappa shape index (κ1) is 17.8. The van der Waals surface area contributed by atoms with Crippen LogP contribution in [0, 0.1) is 0 Å². The van der Waals surface area contributed by atoms with Crippen LogP contribution in [0.2, 0.25) is 0 Å². The van der Waals surface area contributed by atoms with Crippen LogP contribution in [0.25, 0.3) is 0 Å². The van der Waals surface area contributed by atoms with Gasteiger partial charge in [0.05, 0.1) is 13.2 Å². The molecule has 0 aliphatic heterocycles. The molecule has 2 aromatic rings. The Labute approximate surface area is 137 Å². The van der Waals surface area contributed by atoms with Gasteiger partial charge in [0.15, 0.2) is 0 Å². The van der Waals surface area contributed by atoms with Crippen molar-refractivity contribution in [2.24, 2.45) is 0 Å². The lowest BCUT2D eigenvalue weighted by molar-refractivity contribution is -0.139. The van der Waals surface area contributed by atoms with E-state index in [4.69, 9.17) is 9.47 Å². The number of alkyl halides is 3. The van der Waals surface area contributed by atoms with Gasteiger partial charge in [0.25, 0.3) is 0 Å². The number of ether oxygens (including phenoxy) is 2. The van der Waals surface area contributed by atoms with E-state index in [1.807, 2.05) is 6.92 Å². The third-order valence-corrected chi connectivity index (χ3v) is 3.29. The zero-order valence-corrected chi connectivity index (χ0v) is 13.5. The minimum atomic E-state index is -4.58. The topological polar surface area (TPSA) is 56.3 Å². The standard InChI is InChI=1S/C16H18F3N3O2/c1-4-10(2)24-14-13(16(17,18)19)9-20-15(22-14)21-11-5-7-12(23-3)8-6-11/h5-10H,4H2,1-3H3,(H,20,21,22). The summed E-state index contributed by atoms with van der Waals surface area (Å²) in [6, 6.07) is 6.83. The molecule has 1 aromatic heterocycles. The number of hydrogen-bond donors (Lipinski definition) is 1. The molecule has 1 N–H and O–H groups in total. The molecule has 2 rings (SSSR count). The molecule has 1 atom stereocenters. The van der Waals surface area contributed by atoms with Gasteiger partial charge in [-0.1, -0.05) is 6.92 Å². The minimum absolute atomic E-state index is 0.0199. The van der Waals surface area contributed by atoms with E-state index >= 15 is 0 Å². The largest absolute Gasteiger partial charge is 0.497 e. The molecule has 130 valence electrons. The summed E-state index contributed by atoms with van der Waals surface area (Å²) < 4.78 is 49.5. The highest BCUT2D eigenvalue weighted by Gasteiger charge is 2.36. The van der Waals surface area contributed by atoms with Gasteiger partial charge in [-0.25, -0.2) is 4.98 Å². The number of hydrogen-bond acceptors (Lipinski definition) is 5. The Morgan fingerprint density at radius 3 is 2.42 bits per heavy atom. The Morgan fingerprint density at radius 1 is 1.21 bits per heavy atom. The molecule has 0 amide bonds. The molecule has 0 saturated heterocycles. The van der Waals surface area contributed by atoms with E-state index in [1.165, 1.54) is 0 Å². The Morgan fingerprint density at radius 2 is 1.88 bits per heavy atom. The Kier molecular flexibility index (Phi) is 5.48. The number of rotatable bonds is 6. The molecule has 5 nitrogen and oxygen atoms in total. The maximum atomic E-state index is 13.1. The van der Waals surface area contributed by atoms with Gasteiger partial charge in [0, 0.05) is 11.9 Å². The van der Waals surface area contributed by atoms with Gasteiger partial charge in [-0.2, -0.15) is 18.2 Å². The molecular weight excluding hydrogens is 323 g/mol. The first-order chi connectivity index (χ1) is 11.3. The van der Waals surface area contributed by atoms with Crippen molar-refractivity contribution in [1.29, 1.82) is 0 Å². The molecule has 0 aliphatic carbocycles. The summed E-state index contributed by atoms with van der Waals surface area (Å²) in [4.78, 5) is 7.59. The average molecular weight is 341 g/mol. The van der Waals surface area contributed by atoms with E-state index in [-0.39, 0.29) is 5.95 Å². The lowest BCUT2D eigenvalue weighted by Gasteiger charge is -2.17.